The summed E-state index contributed by atoms with van der Waals surface area (Å²) in [5.41, 5.74) is 6.41. The number of hydrogen-bond acceptors (Lipinski definition) is 2. The zero-order valence-corrected chi connectivity index (χ0v) is 14.3. The summed E-state index contributed by atoms with van der Waals surface area (Å²) in [7, 11) is 0. The highest BCUT2D eigenvalue weighted by atomic mass is 79.9. The number of carbonyl (C=O) groups excluding carboxylic acids is 1. The van der Waals surface area contributed by atoms with Crippen molar-refractivity contribution in [3.05, 3.63) is 22.4 Å². The van der Waals surface area contributed by atoms with E-state index in [2.05, 4.69) is 22.9 Å². The lowest BCUT2D eigenvalue weighted by atomic mass is 9.94. The summed E-state index contributed by atoms with van der Waals surface area (Å²) < 4.78 is 2.96. The molecule has 2 heterocycles. The number of piperidine rings is 1. The SMILES string of the molecule is CCn1cc(Br)cc1C(=O)N1CCCC(CCN)C1.Cl. The standard InChI is InChI=1S/C14H22BrN3O.ClH/c1-2-17-10-12(15)8-13(17)14(19)18-7-3-4-11(9-18)5-6-16;/h8,10-11H,2-7,9,16H2,1H3;1H. The van der Waals surface area contributed by atoms with Crippen LogP contribution >= 0.6 is 28.3 Å². The molecule has 1 amide bonds. The third kappa shape index (κ3) is 3.99. The number of aryl methyl sites for hydroxylation is 1. The van der Waals surface area contributed by atoms with E-state index >= 15 is 0 Å². The fourth-order valence-corrected chi connectivity index (χ4v) is 3.26. The third-order valence-corrected chi connectivity index (χ3v) is 4.24. The molecule has 114 valence electrons. The van der Waals surface area contributed by atoms with Gasteiger partial charge in [0.25, 0.3) is 5.91 Å². The molecule has 0 bridgehead atoms. The fourth-order valence-electron chi connectivity index (χ4n) is 2.80. The van der Waals surface area contributed by atoms with E-state index in [1.807, 2.05) is 21.7 Å². The van der Waals surface area contributed by atoms with Crippen LogP contribution in [0.3, 0.4) is 0 Å². The van der Waals surface area contributed by atoms with Gasteiger partial charge in [0.15, 0.2) is 0 Å². The van der Waals surface area contributed by atoms with E-state index in [1.54, 1.807) is 0 Å². The maximum Gasteiger partial charge on any atom is 0.270 e. The van der Waals surface area contributed by atoms with Gasteiger partial charge in [-0.05, 0) is 60.6 Å². The van der Waals surface area contributed by atoms with Crippen molar-refractivity contribution in [1.82, 2.24) is 9.47 Å². The predicted molar refractivity (Wildman–Crippen MR) is 87.4 cm³/mol. The van der Waals surface area contributed by atoms with Gasteiger partial charge in [0.2, 0.25) is 0 Å². The van der Waals surface area contributed by atoms with Crippen LogP contribution in [0.25, 0.3) is 0 Å². The van der Waals surface area contributed by atoms with Crippen LogP contribution in [0.1, 0.15) is 36.7 Å². The number of carbonyl (C=O) groups is 1. The Balaban J connectivity index is 0.00000200. The minimum Gasteiger partial charge on any atom is -0.343 e. The highest BCUT2D eigenvalue weighted by Crippen LogP contribution is 2.22. The van der Waals surface area contributed by atoms with E-state index in [0.717, 1.165) is 42.6 Å². The van der Waals surface area contributed by atoms with E-state index in [-0.39, 0.29) is 18.3 Å². The van der Waals surface area contributed by atoms with Crippen molar-refractivity contribution in [3.8, 4) is 0 Å². The summed E-state index contributed by atoms with van der Waals surface area (Å²) in [4.78, 5) is 14.6. The van der Waals surface area contributed by atoms with Crippen molar-refractivity contribution < 1.29 is 4.79 Å². The number of rotatable bonds is 4. The van der Waals surface area contributed by atoms with Gasteiger partial charge in [0.05, 0.1) is 0 Å². The Morgan fingerprint density at radius 2 is 2.30 bits per heavy atom. The molecule has 1 saturated heterocycles. The van der Waals surface area contributed by atoms with Crippen LogP contribution in [0.5, 0.6) is 0 Å². The van der Waals surface area contributed by atoms with Gasteiger partial charge in [0, 0.05) is 30.3 Å². The van der Waals surface area contributed by atoms with Crippen molar-refractivity contribution in [3.63, 3.8) is 0 Å². The monoisotopic (exact) mass is 363 g/mol. The van der Waals surface area contributed by atoms with Gasteiger partial charge in [0.1, 0.15) is 5.69 Å². The Labute approximate surface area is 135 Å². The van der Waals surface area contributed by atoms with Crippen LogP contribution in [0.4, 0.5) is 0 Å². The fraction of sp³-hybridized carbons (Fsp3) is 0.643. The van der Waals surface area contributed by atoms with E-state index in [9.17, 15) is 4.79 Å². The van der Waals surface area contributed by atoms with Crippen LogP contribution in [0, 0.1) is 5.92 Å². The van der Waals surface area contributed by atoms with Crippen LogP contribution in [0.15, 0.2) is 16.7 Å². The Bertz CT molecular complexity index is 448. The molecule has 6 heteroatoms. The second kappa shape index (κ2) is 8.05. The number of nitrogens with zero attached hydrogens (tertiary/aromatic N) is 2. The van der Waals surface area contributed by atoms with Gasteiger partial charge in [-0.25, -0.2) is 0 Å². The molecule has 20 heavy (non-hydrogen) atoms. The molecule has 1 aliphatic heterocycles. The summed E-state index contributed by atoms with van der Waals surface area (Å²) in [5, 5.41) is 0. The van der Waals surface area contributed by atoms with Gasteiger partial charge in [-0.15, -0.1) is 12.4 Å². The van der Waals surface area contributed by atoms with Gasteiger partial charge in [-0.1, -0.05) is 0 Å². The van der Waals surface area contributed by atoms with Crippen LogP contribution in [-0.4, -0.2) is 35.0 Å². The molecular formula is C14H23BrClN3O. The van der Waals surface area contributed by atoms with Gasteiger partial charge in [-0.3, -0.25) is 4.79 Å². The molecule has 0 aliphatic carbocycles. The van der Waals surface area contributed by atoms with Crippen LogP contribution in [0.2, 0.25) is 0 Å². The van der Waals surface area contributed by atoms with Crippen molar-refractivity contribution in [2.24, 2.45) is 11.7 Å². The van der Waals surface area contributed by atoms with Crippen molar-refractivity contribution in [2.45, 2.75) is 32.7 Å². The lowest BCUT2D eigenvalue weighted by Crippen LogP contribution is -2.41. The van der Waals surface area contributed by atoms with Crippen molar-refractivity contribution >= 4 is 34.2 Å². The minimum atomic E-state index is 0. The average molecular weight is 365 g/mol. The average Bonchev–Trinajstić information content (AvgIpc) is 2.80. The molecule has 1 fully saturated rings. The highest BCUT2D eigenvalue weighted by molar-refractivity contribution is 9.10. The largest absolute Gasteiger partial charge is 0.343 e. The second-order valence-corrected chi connectivity index (χ2v) is 6.08. The molecule has 2 rings (SSSR count). The van der Waals surface area contributed by atoms with E-state index in [4.69, 9.17) is 5.73 Å². The van der Waals surface area contributed by atoms with E-state index in [0.29, 0.717) is 12.5 Å². The molecule has 0 spiro atoms. The van der Waals surface area contributed by atoms with Crippen LogP contribution in [-0.2, 0) is 6.54 Å². The first-order valence-electron chi connectivity index (χ1n) is 7.00. The molecule has 1 atom stereocenters. The van der Waals surface area contributed by atoms with Crippen molar-refractivity contribution in [1.29, 1.82) is 0 Å². The predicted octanol–water partition coefficient (Wildman–Crippen LogP) is 2.89. The summed E-state index contributed by atoms with van der Waals surface area (Å²) in [5.74, 6) is 0.713. The summed E-state index contributed by atoms with van der Waals surface area (Å²) in [6.07, 6.45) is 5.26. The minimum absolute atomic E-state index is 0. The molecule has 4 nitrogen and oxygen atoms in total. The highest BCUT2D eigenvalue weighted by Gasteiger charge is 2.25. The van der Waals surface area contributed by atoms with Crippen molar-refractivity contribution in [2.75, 3.05) is 19.6 Å². The number of aromatic nitrogens is 1. The molecule has 1 unspecified atom stereocenters. The first-order valence-corrected chi connectivity index (χ1v) is 7.80. The van der Waals surface area contributed by atoms with E-state index in [1.165, 1.54) is 6.42 Å². The Morgan fingerprint density at radius 3 is 2.95 bits per heavy atom. The molecule has 1 aromatic heterocycles. The molecule has 0 radical (unpaired) electrons. The number of nitrogens with two attached hydrogens (primary N) is 1. The zero-order valence-electron chi connectivity index (χ0n) is 11.8. The maximum atomic E-state index is 12.6. The summed E-state index contributed by atoms with van der Waals surface area (Å²) in [6.45, 7) is 5.29. The maximum absolute atomic E-state index is 12.6. The quantitative estimate of drug-likeness (QED) is 0.893. The smallest absolute Gasteiger partial charge is 0.270 e. The number of halogens is 2. The van der Waals surface area contributed by atoms with Gasteiger partial charge >= 0.3 is 0 Å². The first kappa shape index (κ1) is 17.5. The lowest BCUT2D eigenvalue weighted by Gasteiger charge is -2.32. The lowest BCUT2D eigenvalue weighted by molar-refractivity contribution is 0.0658. The Morgan fingerprint density at radius 1 is 1.55 bits per heavy atom. The van der Waals surface area contributed by atoms with Crippen LogP contribution < -0.4 is 5.73 Å². The number of amides is 1. The molecule has 1 aliphatic rings. The normalized spacial score (nSPS) is 18.8. The number of likely N-dealkylation sites (tertiary alicyclic amines) is 1. The van der Waals surface area contributed by atoms with E-state index < -0.39 is 0 Å². The molecule has 1 aromatic rings. The summed E-state index contributed by atoms with van der Waals surface area (Å²) >= 11 is 3.44. The first-order chi connectivity index (χ1) is 9.15. The summed E-state index contributed by atoms with van der Waals surface area (Å²) in [6, 6.07) is 1.92. The van der Waals surface area contributed by atoms with Gasteiger partial charge in [-0.2, -0.15) is 0 Å². The molecule has 0 aromatic carbocycles. The molecule has 0 saturated carbocycles. The Hall–Kier alpha value is -0.520. The van der Waals surface area contributed by atoms with Gasteiger partial charge < -0.3 is 15.2 Å². The zero-order chi connectivity index (χ0) is 13.8. The molecule has 2 N–H and O–H groups in total. The molecular weight excluding hydrogens is 342 g/mol. The number of hydrogen-bond donors (Lipinski definition) is 1. The topological polar surface area (TPSA) is 51.3 Å². The second-order valence-electron chi connectivity index (χ2n) is 5.17. The Kier molecular flexibility index (Phi) is 7.06. The third-order valence-electron chi connectivity index (χ3n) is 3.80.